The Hall–Kier alpha value is -2.43. The zero-order valence-corrected chi connectivity index (χ0v) is 12.4. The molecule has 2 rings (SSSR count). The lowest BCUT2D eigenvalue weighted by molar-refractivity contribution is 0.319. The average molecular weight is 287 g/mol. The highest BCUT2D eigenvalue weighted by molar-refractivity contribution is 5.72. The van der Waals surface area contributed by atoms with Crippen molar-refractivity contribution in [3.63, 3.8) is 0 Å². The summed E-state index contributed by atoms with van der Waals surface area (Å²) in [5.74, 6) is 1.32. The lowest BCUT2D eigenvalue weighted by Gasteiger charge is -2.13. The van der Waals surface area contributed by atoms with Crippen molar-refractivity contribution in [3.05, 3.63) is 42.1 Å². The molecule has 0 saturated heterocycles. The molecule has 0 aliphatic rings. The van der Waals surface area contributed by atoms with E-state index in [4.69, 9.17) is 15.2 Å². The van der Waals surface area contributed by atoms with Crippen molar-refractivity contribution in [2.45, 2.75) is 19.9 Å². The van der Waals surface area contributed by atoms with E-state index < -0.39 is 0 Å². The van der Waals surface area contributed by atoms with Gasteiger partial charge in [-0.2, -0.15) is 0 Å². The number of benzene rings is 1. The first-order chi connectivity index (χ1) is 10.2. The highest BCUT2D eigenvalue weighted by Gasteiger charge is 2.05. The van der Waals surface area contributed by atoms with E-state index in [1.807, 2.05) is 30.3 Å². The molecule has 0 radical (unpaired) electrons. The monoisotopic (exact) mass is 287 g/mol. The second kappa shape index (κ2) is 7.38. The van der Waals surface area contributed by atoms with Crippen LogP contribution in [-0.4, -0.2) is 18.7 Å². The topological polar surface area (TPSA) is 69.4 Å². The Morgan fingerprint density at radius 3 is 2.76 bits per heavy atom. The second-order valence-corrected chi connectivity index (χ2v) is 4.63. The number of nitrogen functional groups attached to an aromatic ring is 1. The first-order valence-electron chi connectivity index (χ1n) is 6.98. The third kappa shape index (κ3) is 4.02. The molecular weight excluding hydrogens is 266 g/mol. The molecule has 5 nitrogen and oxygen atoms in total. The van der Waals surface area contributed by atoms with E-state index in [0.717, 1.165) is 23.4 Å². The molecule has 0 aliphatic heterocycles. The normalized spacial score (nSPS) is 10.2. The van der Waals surface area contributed by atoms with Gasteiger partial charge in [-0.3, -0.25) is 0 Å². The van der Waals surface area contributed by atoms with E-state index in [0.29, 0.717) is 24.7 Å². The summed E-state index contributed by atoms with van der Waals surface area (Å²) in [6.07, 6.45) is 2.73. The van der Waals surface area contributed by atoms with Crippen LogP contribution in [0.2, 0.25) is 0 Å². The highest BCUT2D eigenvalue weighted by Crippen LogP contribution is 2.29. The Balaban J connectivity index is 2.01. The van der Waals surface area contributed by atoms with Gasteiger partial charge in [0.05, 0.1) is 25.1 Å². The number of methoxy groups -OCH3 is 1. The van der Waals surface area contributed by atoms with Crippen molar-refractivity contribution in [2.75, 3.05) is 24.8 Å². The lowest BCUT2D eigenvalue weighted by Crippen LogP contribution is -2.05. The molecule has 5 heteroatoms. The molecule has 0 unspecified atom stereocenters. The number of anilines is 2. The standard InChI is InChI=1S/C16H21N3O2/c1-3-9-21-14-6-4-5-13(16(14)17)18-10-12-7-8-15(20-2)19-11-12/h4-8,11,18H,3,9-10,17H2,1-2H3. The number of para-hydroxylation sites is 1. The van der Waals surface area contributed by atoms with Gasteiger partial charge in [0.25, 0.3) is 0 Å². The van der Waals surface area contributed by atoms with Crippen LogP contribution in [0.5, 0.6) is 11.6 Å². The summed E-state index contributed by atoms with van der Waals surface area (Å²) < 4.78 is 10.7. The van der Waals surface area contributed by atoms with Crippen LogP contribution in [0.3, 0.4) is 0 Å². The smallest absolute Gasteiger partial charge is 0.212 e. The van der Waals surface area contributed by atoms with Crippen LogP contribution in [0.1, 0.15) is 18.9 Å². The number of hydrogen-bond acceptors (Lipinski definition) is 5. The molecule has 0 fully saturated rings. The number of ether oxygens (including phenoxy) is 2. The van der Waals surface area contributed by atoms with Crippen LogP contribution in [0.4, 0.5) is 11.4 Å². The van der Waals surface area contributed by atoms with Gasteiger partial charge in [-0.1, -0.05) is 19.1 Å². The van der Waals surface area contributed by atoms with Crippen LogP contribution in [0.15, 0.2) is 36.5 Å². The van der Waals surface area contributed by atoms with Crippen molar-refractivity contribution >= 4 is 11.4 Å². The molecule has 1 aromatic carbocycles. The first kappa shape index (κ1) is 15.0. The predicted molar refractivity (Wildman–Crippen MR) is 84.8 cm³/mol. The summed E-state index contributed by atoms with van der Waals surface area (Å²) in [5.41, 5.74) is 8.65. The van der Waals surface area contributed by atoms with E-state index in [-0.39, 0.29) is 0 Å². The number of nitrogens with zero attached hydrogens (tertiary/aromatic N) is 1. The zero-order valence-electron chi connectivity index (χ0n) is 12.4. The van der Waals surface area contributed by atoms with Crippen LogP contribution in [0, 0.1) is 0 Å². The zero-order chi connectivity index (χ0) is 15.1. The second-order valence-electron chi connectivity index (χ2n) is 4.63. The summed E-state index contributed by atoms with van der Waals surface area (Å²) in [4.78, 5) is 4.17. The maximum atomic E-state index is 6.11. The number of pyridine rings is 1. The fourth-order valence-corrected chi connectivity index (χ4v) is 1.87. The van der Waals surface area contributed by atoms with Gasteiger partial charge in [-0.05, 0) is 24.1 Å². The highest BCUT2D eigenvalue weighted by atomic mass is 16.5. The van der Waals surface area contributed by atoms with Gasteiger partial charge >= 0.3 is 0 Å². The molecule has 1 heterocycles. The van der Waals surface area contributed by atoms with E-state index in [1.54, 1.807) is 13.3 Å². The minimum absolute atomic E-state index is 0.605. The van der Waals surface area contributed by atoms with Gasteiger partial charge in [0, 0.05) is 18.8 Å². The van der Waals surface area contributed by atoms with Crippen molar-refractivity contribution in [3.8, 4) is 11.6 Å². The number of aromatic nitrogens is 1. The Morgan fingerprint density at radius 1 is 1.24 bits per heavy atom. The van der Waals surface area contributed by atoms with Crippen molar-refractivity contribution in [1.82, 2.24) is 4.98 Å². The number of hydrogen-bond donors (Lipinski definition) is 2. The minimum atomic E-state index is 0.605. The van der Waals surface area contributed by atoms with Crippen LogP contribution in [-0.2, 0) is 6.54 Å². The SMILES string of the molecule is CCCOc1cccc(NCc2ccc(OC)nc2)c1N. The van der Waals surface area contributed by atoms with E-state index in [1.165, 1.54) is 0 Å². The molecule has 21 heavy (non-hydrogen) atoms. The van der Waals surface area contributed by atoms with Gasteiger partial charge in [-0.15, -0.1) is 0 Å². The Morgan fingerprint density at radius 2 is 2.10 bits per heavy atom. The molecule has 0 amide bonds. The van der Waals surface area contributed by atoms with Gasteiger partial charge in [0.2, 0.25) is 5.88 Å². The van der Waals surface area contributed by atoms with Crippen molar-refractivity contribution in [1.29, 1.82) is 0 Å². The largest absolute Gasteiger partial charge is 0.491 e. The molecule has 0 saturated carbocycles. The summed E-state index contributed by atoms with van der Waals surface area (Å²) in [6.45, 7) is 3.36. The van der Waals surface area contributed by atoms with E-state index in [9.17, 15) is 0 Å². The Labute approximate surface area is 125 Å². The van der Waals surface area contributed by atoms with Crippen molar-refractivity contribution < 1.29 is 9.47 Å². The molecular formula is C16H21N3O2. The molecule has 0 aliphatic carbocycles. The van der Waals surface area contributed by atoms with Crippen LogP contribution < -0.4 is 20.5 Å². The minimum Gasteiger partial charge on any atom is -0.491 e. The summed E-state index contributed by atoms with van der Waals surface area (Å²) in [5, 5.41) is 3.30. The summed E-state index contributed by atoms with van der Waals surface area (Å²) in [6, 6.07) is 9.54. The maximum absolute atomic E-state index is 6.11. The molecule has 1 aromatic heterocycles. The van der Waals surface area contributed by atoms with E-state index in [2.05, 4.69) is 17.2 Å². The summed E-state index contributed by atoms with van der Waals surface area (Å²) >= 11 is 0. The fourth-order valence-electron chi connectivity index (χ4n) is 1.87. The predicted octanol–water partition coefficient (Wildman–Crippen LogP) is 3.07. The average Bonchev–Trinajstić information content (AvgIpc) is 2.53. The maximum Gasteiger partial charge on any atom is 0.212 e. The number of nitrogens with two attached hydrogens (primary N) is 1. The lowest BCUT2D eigenvalue weighted by atomic mass is 10.2. The molecule has 3 N–H and O–H groups in total. The van der Waals surface area contributed by atoms with E-state index >= 15 is 0 Å². The third-order valence-electron chi connectivity index (χ3n) is 3.02. The number of rotatable bonds is 7. The van der Waals surface area contributed by atoms with Crippen LogP contribution >= 0.6 is 0 Å². The van der Waals surface area contributed by atoms with Gasteiger partial charge in [-0.25, -0.2) is 4.98 Å². The molecule has 0 spiro atoms. The number of nitrogens with one attached hydrogen (secondary N) is 1. The van der Waals surface area contributed by atoms with Gasteiger partial charge in [0.1, 0.15) is 5.75 Å². The Bertz CT molecular complexity index is 570. The van der Waals surface area contributed by atoms with Crippen molar-refractivity contribution in [2.24, 2.45) is 0 Å². The van der Waals surface area contributed by atoms with Gasteiger partial charge in [0.15, 0.2) is 0 Å². The third-order valence-corrected chi connectivity index (χ3v) is 3.02. The Kier molecular flexibility index (Phi) is 5.26. The molecule has 0 bridgehead atoms. The molecule has 2 aromatic rings. The molecule has 112 valence electrons. The molecule has 0 atom stereocenters. The quantitative estimate of drug-likeness (QED) is 0.766. The fraction of sp³-hybridized carbons (Fsp3) is 0.312. The first-order valence-corrected chi connectivity index (χ1v) is 6.98. The summed E-state index contributed by atoms with van der Waals surface area (Å²) in [7, 11) is 1.60. The van der Waals surface area contributed by atoms with Gasteiger partial charge < -0.3 is 20.5 Å². The van der Waals surface area contributed by atoms with Crippen LogP contribution in [0.25, 0.3) is 0 Å².